The predicted molar refractivity (Wildman–Crippen MR) is 97.3 cm³/mol. The summed E-state index contributed by atoms with van der Waals surface area (Å²) in [4.78, 5) is 15.6. The first-order valence-corrected chi connectivity index (χ1v) is 7.34. The molecule has 3 rings (SSSR count). The molecule has 9 N–H and O–H groups in total. The fourth-order valence-electron chi connectivity index (χ4n) is 2.13. The number of azo groups is 1. The largest absolute Gasteiger partial charge is 0.383 e. The van der Waals surface area contributed by atoms with Crippen LogP contribution >= 0.6 is 0 Å². The highest BCUT2D eigenvalue weighted by Crippen LogP contribution is 2.32. The van der Waals surface area contributed by atoms with E-state index < -0.39 is 0 Å². The number of nitriles is 1. The van der Waals surface area contributed by atoms with Gasteiger partial charge in [0.05, 0.1) is 6.20 Å². The molecule has 3 heterocycles. The van der Waals surface area contributed by atoms with E-state index in [-0.39, 0.29) is 52.2 Å². The molecular weight excluding hydrogens is 352 g/mol. The lowest BCUT2D eigenvalue weighted by molar-refractivity contribution is 0.836. The van der Waals surface area contributed by atoms with Gasteiger partial charge in [0.25, 0.3) is 0 Å². The number of nitrogen functional groups attached to an aromatic ring is 4. The average Bonchev–Trinajstić information content (AvgIpc) is 3.02. The van der Waals surface area contributed by atoms with Crippen molar-refractivity contribution in [2.75, 3.05) is 35.3 Å². The van der Waals surface area contributed by atoms with E-state index in [0.717, 1.165) is 0 Å². The maximum absolute atomic E-state index is 9.31. The smallest absolute Gasteiger partial charge is 0.224 e. The van der Waals surface area contributed by atoms with Gasteiger partial charge in [0, 0.05) is 13.1 Å². The second kappa shape index (κ2) is 6.76. The molecule has 0 aliphatic rings. The van der Waals surface area contributed by atoms with Crippen molar-refractivity contribution in [1.82, 2.24) is 29.7 Å². The minimum atomic E-state index is -0.0597. The molecule has 0 aliphatic carbocycles. The van der Waals surface area contributed by atoms with Gasteiger partial charge < -0.3 is 28.3 Å². The Morgan fingerprint density at radius 2 is 1.81 bits per heavy atom. The third-order valence-electron chi connectivity index (χ3n) is 3.24. The van der Waals surface area contributed by atoms with Crippen molar-refractivity contribution in [2.24, 2.45) is 10.2 Å². The molecule has 0 aliphatic heterocycles. The normalized spacial score (nSPS) is 10.8. The van der Waals surface area contributed by atoms with Crippen molar-refractivity contribution >= 4 is 40.9 Å². The lowest BCUT2D eigenvalue weighted by Gasteiger charge is -2.07. The van der Waals surface area contributed by atoms with E-state index in [2.05, 4.69) is 40.6 Å². The molecule has 0 atom stereocenters. The van der Waals surface area contributed by atoms with Crippen molar-refractivity contribution in [3.8, 4) is 11.9 Å². The first-order valence-electron chi connectivity index (χ1n) is 7.34. The van der Waals surface area contributed by atoms with Gasteiger partial charge in [0.2, 0.25) is 11.9 Å². The minimum absolute atomic E-state index is 0.00991. The molecule has 14 heteroatoms. The summed E-state index contributed by atoms with van der Waals surface area (Å²) in [6, 6.07) is 3.38. The van der Waals surface area contributed by atoms with Gasteiger partial charge in [-0.25, -0.2) is 0 Å². The van der Waals surface area contributed by atoms with Crippen molar-refractivity contribution in [3.63, 3.8) is 0 Å². The third-order valence-corrected chi connectivity index (χ3v) is 3.24. The lowest BCUT2D eigenvalue weighted by atomic mass is 10.3. The highest BCUT2D eigenvalue weighted by Gasteiger charge is 2.16. The fourth-order valence-corrected chi connectivity index (χ4v) is 2.13. The molecule has 0 saturated heterocycles. The van der Waals surface area contributed by atoms with Gasteiger partial charge in [-0.05, 0) is 0 Å². The molecule has 0 saturated carbocycles. The van der Waals surface area contributed by atoms with Crippen LogP contribution in [0, 0.1) is 11.3 Å². The van der Waals surface area contributed by atoms with E-state index in [4.69, 9.17) is 22.9 Å². The lowest BCUT2D eigenvalue weighted by Crippen LogP contribution is -2.06. The fraction of sp³-hybridized carbons (Fsp3) is 0.0769. The van der Waals surface area contributed by atoms with E-state index in [1.165, 1.54) is 16.9 Å². The molecule has 0 spiro atoms. The molecule has 3 aromatic rings. The minimum Gasteiger partial charge on any atom is -0.383 e. The standard InChI is InChI=1S/C13H14N14/c1-19-10-8(9(16)23-13(18)24-10)25-26-11-5(3-14)4-20-27(11)7-2-6(15)21-12(17)22-7/h2,4H,1H3,(H4,15,17,21,22)(H5,16,18,19,23,24)/b26-25+. The molecule has 14 nitrogen and oxygen atoms in total. The maximum atomic E-state index is 9.31. The Morgan fingerprint density at radius 1 is 1.07 bits per heavy atom. The van der Waals surface area contributed by atoms with Crippen LogP contribution in [0.5, 0.6) is 0 Å². The second-order valence-electron chi connectivity index (χ2n) is 5.03. The SMILES string of the molecule is CNc1nc(N)nc(N)c1/N=N/c1c(C#N)cnn1-c1cc(N)nc(N)n1. The molecule has 27 heavy (non-hydrogen) atoms. The van der Waals surface area contributed by atoms with Gasteiger partial charge in [0.15, 0.2) is 29.0 Å². The number of rotatable bonds is 4. The number of aromatic nitrogens is 6. The molecule has 136 valence electrons. The van der Waals surface area contributed by atoms with Crippen LogP contribution in [0.4, 0.5) is 40.9 Å². The van der Waals surface area contributed by atoms with E-state index in [0.29, 0.717) is 0 Å². The third kappa shape index (κ3) is 3.32. The number of nitrogens with two attached hydrogens (primary N) is 4. The Hall–Kier alpha value is -4.54. The van der Waals surface area contributed by atoms with Gasteiger partial charge in [-0.2, -0.15) is 35.0 Å². The van der Waals surface area contributed by atoms with Crippen LogP contribution in [0.2, 0.25) is 0 Å². The van der Waals surface area contributed by atoms with Crippen LogP contribution < -0.4 is 28.3 Å². The summed E-state index contributed by atoms with van der Waals surface area (Å²) in [6.07, 6.45) is 1.30. The van der Waals surface area contributed by atoms with E-state index in [1.807, 2.05) is 6.07 Å². The molecule has 0 amide bonds. The van der Waals surface area contributed by atoms with Crippen molar-refractivity contribution in [2.45, 2.75) is 0 Å². The Morgan fingerprint density at radius 3 is 2.48 bits per heavy atom. The summed E-state index contributed by atoms with van der Waals surface area (Å²) < 4.78 is 1.24. The monoisotopic (exact) mass is 366 g/mol. The molecule has 0 fully saturated rings. The quantitative estimate of drug-likeness (QED) is 0.388. The first kappa shape index (κ1) is 17.3. The summed E-state index contributed by atoms with van der Waals surface area (Å²) in [5.74, 6) is 0.614. The molecule has 3 aromatic heterocycles. The summed E-state index contributed by atoms with van der Waals surface area (Å²) in [6.45, 7) is 0. The van der Waals surface area contributed by atoms with Crippen LogP contribution in [-0.2, 0) is 0 Å². The number of hydrogen-bond acceptors (Lipinski definition) is 13. The molecule has 0 aromatic carbocycles. The number of hydrogen-bond donors (Lipinski definition) is 5. The summed E-state index contributed by atoms with van der Waals surface area (Å²) in [5, 5.41) is 24.3. The topological polar surface area (TPSA) is 234 Å². The average molecular weight is 366 g/mol. The predicted octanol–water partition coefficient (Wildman–Crippen LogP) is 0.110. The second-order valence-corrected chi connectivity index (χ2v) is 5.03. The van der Waals surface area contributed by atoms with Gasteiger partial charge in [-0.15, -0.1) is 10.2 Å². The van der Waals surface area contributed by atoms with Crippen LogP contribution in [0.25, 0.3) is 5.82 Å². The highest BCUT2D eigenvalue weighted by atomic mass is 15.4. The van der Waals surface area contributed by atoms with E-state index in [9.17, 15) is 5.26 Å². The van der Waals surface area contributed by atoms with Crippen molar-refractivity contribution in [1.29, 1.82) is 5.26 Å². The van der Waals surface area contributed by atoms with Crippen LogP contribution in [-0.4, -0.2) is 36.8 Å². The van der Waals surface area contributed by atoms with Crippen LogP contribution in [0.15, 0.2) is 22.5 Å². The molecule has 0 unspecified atom stereocenters. The first-order chi connectivity index (χ1) is 12.9. The molecule has 0 radical (unpaired) electrons. The van der Waals surface area contributed by atoms with Crippen molar-refractivity contribution < 1.29 is 0 Å². The zero-order chi connectivity index (χ0) is 19.6. The number of anilines is 5. The summed E-state index contributed by atoms with van der Waals surface area (Å²) >= 11 is 0. The Labute approximate surface area is 152 Å². The van der Waals surface area contributed by atoms with Crippen molar-refractivity contribution in [3.05, 3.63) is 17.8 Å². The van der Waals surface area contributed by atoms with E-state index >= 15 is 0 Å². The summed E-state index contributed by atoms with van der Waals surface area (Å²) in [5.41, 5.74) is 23.0. The molecule has 0 bridgehead atoms. The number of nitrogens with zero attached hydrogens (tertiary/aromatic N) is 9. The Balaban J connectivity index is 2.12. The zero-order valence-electron chi connectivity index (χ0n) is 14.0. The van der Waals surface area contributed by atoms with Crippen LogP contribution in [0.1, 0.15) is 5.56 Å². The molecular formula is C13H14N14. The van der Waals surface area contributed by atoms with Gasteiger partial charge in [-0.1, -0.05) is 0 Å². The maximum Gasteiger partial charge on any atom is 0.224 e. The zero-order valence-corrected chi connectivity index (χ0v) is 14.0. The van der Waals surface area contributed by atoms with E-state index in [1.54, 1.807) is 7.05 Å². The Bertz CT molecular complexity index is 1060. The van der Waals surface area contributed by atoms with Gasteiger partial charge in [-0.3, -0.25) is 0 Å². The van der Waals surface area contributed by atoms with Gasteiger partial charge >= 0.3 is 0 Å². The Kier molecular flexibility index (Phi) is 4.33. The number of nitrogens with one attached hydrogen (secondary N) is 1. The highest BCUT2D eigenvalue weighted by molar-refractivity contribution is 5.73. The summed E-state index contributed by atoms with van der Waals surface area (Å²) in [7, 11) is 1.61. The van der Waals surface area contributed by atoms with Crippen LogP contribution in [0.3, 0.4) is 0 Å². The van der Waals surface area contributed by atoms with Gasteiger partial charge in [0.1, 0.15) is 17.5 Å².